The first kappa shape index (κ1) is 16.5. The lowest BCUT2D eigenvalue weighted by Crippen LogP contribution is -2.37. The molecule has 1 nitrogen and oxygen atoms in total. The molecule has 2 aromatic rings. The van der Waals surface area contributed by atoms with E-state index in [9.17, 15) is 0 Å². The molecule has 0 heterocycles. The van der Waals surface area contributed by atoms with Crippen LogP contribution >= 0.6 is 15.9 Å². The maximum Gasteiger partial charge on any atom is 0.0775 e. The van der Waals surface area contributed by atoms with E-state index in [4.69, 9.17) is 0 Å². The Labute approximate surface area is 137 Å². The van der Waals surface area contributed by atoms with Crippen molar-refractivity contribution >= 4 is 29.2 Å². The van der Waals surface area contributed by atoms with E-state index in [0.29, 0.717) is 6.04 Å². The summed E-state index contributed by atoms with van der Waals surface area (Å²) >= 11 is 3.53. The van der Waals surface area contributed by atoms with Crippen molar-refractivity contribution in [1.82, 2.24) is 5.32 Å². The molecular formula is C18H24BrNSi. The van der Waals surface area contributed by atoms with E-state index in [1.807, 2.05) is 0 Å². The normalized spacial score (nSPS) is 13.2. The standard InChI is InChI=1S/C18H24BrNSi/c1-14(16-6-5-7-17(19)12-16)20-13-15-8-10-18(11-9-15)21(2,3)4/h5-12,14,20H,13H2,1-4H3/t14-/m0/s1. The SMILES string of the molecule is C[C@H](NCc1ccc([Si](C)(C)C)cc1)c1cccc(Br)c1. The second-order valence-corrected chi connectivity index (χ2v) is 12.6. The second kappa shape index (κ2) is 6.90. The summed E-state index contributed by atoms with van der Waals surface area (Å²) < 4.78 is 1.13. The molecule has 0 aliphatic rings. The van der Waals surface area contributed by atoms with Crippen LogP contribution in [-0.2, 0) is 6.54 Å². The van der Waals surface area contributed by atoms with Crippen molar-refractivity contribution in [2.24, 2.45) is 0 Å². The number of hydrogen-bond donors (Lipinski definition) is 1. The summed E-state index contributed by atoms with van der Waals surface area (Å²) in [6.07, 6.45) is 0. The van der Waals surface area contributed by atoms with Gasteiger partial charge in [0.1, 0.15) is 0 Å². The van der Waals surface area contributed by atoms with Gasteiger partial charge < -0.3 is 5.32 Å². The Morgan fingerprint density at radius 1 is 1.05 bits per heavy atom. The average Bonchev–Trinajstić information content (AvgIpc) is 2.44. The zero-order chi connectivity index (χ0) is 15.5. The highest BCUT2D eigenvalue weighted by Crippen LogP contribution is 2.18. The van der Waals surface area contributed by atoms with Gasteiger partial charge in [-0.25, -0.2) is 0 Å². The van der Waals surface area contributed by atoms with E-state index in [1.165, 1.54) is 16.3 Å². The Morgan fingerprint density at radius 2 is 1.71 bits per heavy atom. The summed E-state index contributed by atoms with van der Waals surface area (Å²) in [7, 11) is -1.19. The van der Waals surface area contributed by atoms with Crippen molar-refractivity contribution in [3.8, 4) is 0 Å². The molecule has 0 fully saturated rings. The minimum atomic E-state index is -1.19. The fourth-order valence-corrected chi connectivity index (χ4v) is 3.87. The number of nitrogens with one attached hydrogen (secondary N) is 1. The maximum atomic E-state index is 3.59. The molecule has 0 bridgehead atoms. The molecule has 112 valence electrons. The molecule has 2 rings (SSSR count). The predicted octanol–water partition coefficient (Wildman–Crippen LogP) is 4.85. The Morgan fingerprint density at radius 3 is 2.29 bits per heavy atom. The minimum Gasteiger partial charge on any atom is -0.306 e. The smallest absolute Gasteiger partial charge is 0.0775 e. The van der Waals surface area contributed by atoms with Gasteiger partial charge in [0.05, 0.1) is 8.07 Å². The van der Waals surface area contributed by atoms with Crippen molar-refractivity contribution in [2.45, 2.75) is 39.2 Å². The largest absolute Gasteiger partial charge is 0.306 e. The molecule has 0 aromatic heterocycles. The van der Waals surface area contributed by atoms with Gasteiger partial charge >= 0.3 is 0 Å². The number of rotatable bonds is 5. The van der Waals surface area contributed by atoms with Crippen LogP contribution in [0.1, 0.15) is 24.1 Å². The van der Waals surface area contributed by atoms with Crippen molar-refractivity contribution in [2.75, 3.05) is 0 Å². The first-order chi connectivity index (χ1) is 9.86. The van der Waals surface area contributed by atoms with Crippen LogP contribution in [0.4, 0.5) is 0 Å². The number of hydrogen-bond acceptors (Lipinski definition) is 1. The van der Waals surface area contributed by atoms with Gasteiger partial charge in [-0.1, -0.05) is 77.2 Å². The molecule has 0 aliphatic heterocycles. The predicted molar refractivity (Wildman–Crippen MR) is 98.8 cm³/mol. The monoisotopic (exact) mass is 361 g/mol. The van der Waals surface area contributed by atoms with Crippen LogP contribution in [-0.4, -0.2) is 8.07 Å². The molecule has 0 radical (unpaired) electrons. The molecule has 0 saturated carbocycles. The molecule has 2 aromatic carbocycles. The summed E-state index contributed by atoms with van der Waals surface area (Å²) in [5, 5.41) is 5.11. The molecule has 0 amide bonds. The fraction of sp³-hybridized carbons (Fsp3) is 0.333. The molecule has 1 atom stereocenters. The zero-order valence-electron chi connectivity index (χ0n) is 13.3. The van der Waals surface area contributed by atoms with Gasteiger partial charge in [0.15, 0.2) is 0 Å². The summed E-state index contributed by atoms with van der Waals surface area (Å²) in [6, 6.07) is 17.9. The number of benzene rings is 2. The van der Waals surface area contributed by atoms with Crippen LogP contribution < -0.4 is 10.5 Å². The van der Waals surface area contributed by atoms with Crippen molar-refractivity contribution < 1.29 is 0 Å². The zero-order valence-corrected chi connectivity index (χ0v) is 15.9. The van der Waals surface area contributed by atoms with Gasteiger partial charge in [-0.05, 0) is 30.2 Å². The van der Waals surface area contributed by atoms with Crippen LogP contribution in [0.2, 0.25) is 19.6 Å². The third-order valence-corrected chi connectivity index (χ3v) is 6.34. The van der Waals surface area contributed by atoms with Crippen LogP contribution in [0.3, 0.4) is 0 Å². The van der Waals surface area contributed by atoms with Gasteiger partial charge in [0, 0.05) is 17.1 Å². The van der Waals surface area contributed by atoms with E-state index in [2.05, 4.69) is 96.3 Å². The third-order valence-electron chi connectivity index (χ3n) is 3.78. The number of halogens is 1. The van der Waals surface area contributed by atoms with E-state index >= 15 is 0 Å². The average molecular weight is 362 g/mol. The molecular weight excluding hydrogens is 338 g/mol. The molecule has 0 spiro atoms. The second-order valence-electron chi connectivity index (χ2n) is 6.60. The molecule has 3 heteroatoms. The van der Waals surface area contributed by atoms with Gasteiger partial charge in [-0.15, -0.1) is 0 Å². The Balaban J connectivity index is 1.97. The van der Waals surface area contributed by atoms with Crippen LogP contribution in [0, 0.1) is 0 Å². The van der Waals surface area contributed by atoms with Gasteiger partial charge in [-0.2, -0.15) is 0 Å². The van der Waals surface area contributed by atoms with E-state index in [0.717, 1.165) is 11.0 Å². The van der Waals surface area contributed by atoms with Crippen LogP contribution in [0.25, 0.3) is 0 Å². The molecule has 0 unspecified atom stereocenters. The summed E-state index contributed by atoms with van der Waals surface area (Å²) in [5.74, 6) is 0. The highest BCUT2D eigenvalue weighted by Gasteiger charge is 2.15. The summed E-state index contributed by atoms with van der Waals surface area (Å²) in [5.41, 5.74) is 2.65. The van der Waals surface area contributed by atoms with Gasteiger partial charge in [0.25, 0.3) is 0 Å². The summed E-state index contributed by atoms with van der Waals surface area (Å²) in [6.45, 7) is 10.3. The molecule has 0 saturated heterocycles. The van der Waals surface area contributed by atoms with E-state index < -0.39 is 8.07 Å². The van der Waals surface area contributed by atoms with Crippen LogP contribution in [0.5, 0.6) is 0 Å². The Bertz CT molecular complexity index is 587. The highest BCUT2D eigenvalue weighted by atomic mass is 79.9. The van der Waals surface area contributed by atoms with Gasteiger partial charge in [-0.3, -0.25) is 0 Å². The highest BCUT2D eigenvalue weighted by molar-refractivity contribution is 9.10. The first-order valence-electron chi connectivity index (χ1n) is 7.44. The topological polar surface area (TPSA) is 12.0 Å². The lowest BCUT2D eigenvalue weighted by molar-refractivity contribution is 0.574. The van der Waals surface area contributed by atoms with Crippen molar-refractivity contribution in [1.29, 1.82) is 0 Å². The maximum absolute atomic E-state index is 3.59. The van der Waals surface area contributed by atoms with Crippen molar-refractivity contribution in [3.63, 3.8) is 0 Å². The lowest BCUT2D eigenvalue weighted by atomic mass is 10.1. The van der Waals surface area contributed by atoms with E-state index in [1.54, 1.807) is 0 Å². The summed E-state index contributed by atoms with van der Waals surface area (Å²) in [4.78, 5) is 0. The Hall–Kier alpha value is -0.903. The third kappa shape index (κ3) is 4.80. The first-order valence-corrected chi connectivity index (χ1v) is 11.7. The van der Waals surface area contributed by atoms with E-state index in [-0.39, 0.29) is 0 Å². The van der Waals surface area contributed by atoms with Gasteiger partial charge in [0.2, 0.25) is 0 Å². The Kier molecular flexibility index (Phi) is 5.41. The molecule has 0 aliphatic carbocycles. The fourth-order valence-electron chi connectivity index (χ4n) is 2.29. The minimum absolute atomic E-state index is 0.346. The van der Waals surface area contributed by atoms with Crippen LogP contribution in [0.15, 0.2) is 53.0 Å². The molecule has 21 heavy (non-hydrogen) atoms. The van der Waals surface area contributed by atoms with Crippen molar-refractivity contribution in [3.05, 3.63) is 64.1 Å². The lowest BCUT2D eigenvalue weighted by Gasteiger charge is -2.18. The molecule has 1 N–H and O–H groups in total. The quantitative estimate of drug-likeness (QED) is 0.750.